The molecule has 2 nitrogen and oxygen atoms in total. The van der Waals surface area contributed by atoms with Gasteiger partial charge in [-0.3, -0.25) is 0 Å². The summed E-state index contributed by atoms with van der Waals surface area (Å²) in [6.45, 7) is 4.18. The predicted molar refractivity (Wildman–Crippen MR) is 69.6 cm³/mol. The van der Waals surface area contributed by atoms with Crippen molar-refractivity contribution in [2.75, 3.05) is 0 Å². The number of nitrogens with two attached hydrogens (primary N) is 1. The summed E-state index contributed by atoms with van der Waals surface area (Å²) in [5.41, 5.74) is 8.44. The highest BCUT2D eigenvalue weighted by Crippen LogP contribution is 2.46. The first-order valence-corrected chi connectivity index (χ1v) is 6.58. The fourth-order valence-corrected chi connectivity index (χ4v) is 3.08. The molecular weight excluding hydrogens is 234 g/mol. The van der Waals surface area contributed by atoms with E-state index in [4.69, 9.17) is 22.1 Å². The van der Waals surface area contributed by atoms with Gasteiger partial charge in [0.25, 0.3) is 0 Å². The molecule has 0 spiro atoms. The minimum atomic E-state index is -0.147. The molecule has 92 valence electrons. The molecule has 1 heterocycles. The SMILES string of the molecule is CC1(C)Cc2cc(C3(N)CCC3)cc(Cl)c2O1. The quantitative estimate of drug-likeness (QED) is 0.830. The van der Waals surface area contributed by atoms with E-state index in [9.17, 15) is 0 Å². The molecule has 0 amide bonds. The van der Waals surface area contributed by atoms with Crippen LogP contribution in [0.15, 0.2) is 12.1 Å². The van der Waals surface area contributed by atoms with Crippen LogP contribution in [0.25, 0.3) is 0 Å². The lowest BCUT2D eigenvalue weighted by molar-refractivity contribution is 0.138. The Kier molecular flexibility index (Phi) is 2.27. The maximum Gasteiger partial charge on any atom is 0.142 e. The van der Waals surface area contributed by atoms with E-state index in [0.29, 0.717) is 5.02 Å². The van der Waals surface area contributed by atoms with Gasteiger partial charge in [-0.25, -0.2) is 0 Å². The number of hydrogen-bond donors (Lipinski definition) is 1. The fourth-order valence-electron chi connectivity index (χ4n) is 2.80. The Morgan fingerprint density at radius 1 is 1.29 bits per heavy atom. The van der Waals surface area contributed by atoms with Crippen LogP contribution in [0.4, 0.5) is 0 Å². The fraction of sp³-hybridized carbons (Fsp3) is 0.571. The maximum absolute atomic E-state index is 6.36. The predicted octanol–water partition coefficient (Wildman–Crippen LogP) is 3.39. The Morgan fingerprint density at radius 2 is 2.00 bits per heavy atom. The van der Waals surface area contributed by atoms with Gasteiger partial charge in [-0.1, -0.05) is 17.7 Å². The summed E-state index contributed by atoms with van der Waals surface area (Å²) in [5.74, 6) is 0.850. The largest absolute Gasteiger partial charge is 0.486 e. The summed E-state index contributed by atoms with van der Waals surface area (Å²) in [6.07, 6.45) is 4.25. The molecule has 1 fully saturated rings. The monoisotopic (exact) mass is 251 g/mol. The molecule has 0 radical (unpaired) electrons. The van der Waals surface area contributed by atoms with E-state index in [0.717, 1.165) is 25.0 Å². The molecule has 0 unspecified atom stereocenters. The van der Waals surface area contributed by atoms with Crippen LogP contribution in [0, 0.1) is 0 Å². The van der Waals surface area contributed by atoms with Crippen LogP contribution >= 0.6 is 11.6 Å². The zero-order valence-corrected chi connectivity index (χ0v) is 11.1. The third-order valence-corrected chi connectivity index (χ3v) is 4.22. The van der Waals surface area contributed by atoms with Crippen molar-refractivity contribution in [2.24, 2.45) is 5.73 Å². The summed E-state index contributed by atoms with van der Waals surface area (Å²) < 4.78 is 5.87. The van der Waals surface area contributed by atoms with Gasteiger partial charge in [0.2, 0.25) is 0 Å². The van der Waals surface area contributed by atoms with Gasteiger partial charge in [-0.05, 0) is 50.3 Å². The first-order valence-electron chi connectivity index (χ1n) is 6.20. The standard InChI is InChI=1S/C14H18ClNO/c1-13(2)8-9-6-10(14(16)4-3-5-14)7-11(15)12(9)17-13/h6-7H,3-5,8,16H2,1-2H3. The van der Waals surface area contributed by atoms with Crippen molar-refractivity contribution in [2.45, 2.75) is 50.7 Å². The molecule has 1 saturated carbocycles. The van der Waals surface area contributed by atoms with Gasteiger partial charge in [-0.15, -0.1) is 0 Å². The maximum atomic E-state index is 6.36. The Balaban J connectivity index is 2.04. The van der Waals surface area contributed by atoms with Gasteiger partial charge in [-0.2, -0.15) is 0 Å². The average Bonchev–Trinajstić information content (AvgIpc) is 2.49. The van der Waals surface area contributed by atoms with Crippen molar-refractivity contribution >= 4 is 11.6 Å². The van der Waals surface area contributed by atoms with Crippen LogP contribution in [0.5, 0.6) is 5.75 Å². The molecule has 1 aliphatic carbocycles. The first kappa shape index (κ1) is 11.4. The van der Waals surface area contributed by atoms with E-state index >= 15 is 0 Å². The van der Waals surface area contributed by atoms with E-state index in [2.05, 4.69) is 19.9 Å². The third kappa shape index (κ3) is 1.74. The van der Waals surface area contributed by atoms with Gasteiger partial charge in [0.05, 0.1) is 5.02 Å². The number of ether oxygens (including phenoxy) is 1. The van der Waals surface area contributed by atoms with Crippen molar-refractivity contribution in [1.29, 1.82) is 0 Å². The van der Waals surface area contributed by atoms with E-state index in [1.165, 1.54) is 17.5 Å². The summed E-state index contributed by atoms with van der Waals surface area (Å²) in [5, 5.41) is 0.708. The number of fused-ring (bicyclic) bond motifs is 1. The zero-order valence-electron chi connectivity index (χ0n) is 10.3. The summed E-state index contributed by atoms with van der Waals surface area (Å²) in [4.78, 5) is 0. The molecule has 0 saturated heterocycles. The van der Waals surface area contributed by atoms with Gasteiger partial charge in [0.1, 0.15) is 11.4 Å². The normalized spacial score (nSPS) is 23.8. The summed E-state index contributed by atoms with van der Waals surface area (Å²) >= 11 is 6.31. The highest BCUT2D eigenvalue weighted by atomic mass is 35.5. The lowest BCUT2D eigenvalue weighted by Crippen LogP contribution is -2.43. The molecule has 1 aliphatic heterocycles. The molecule has 17 heavy (non-hydrogen) atoms. The van der Waals surface area contributed by atoms with Crippen molar-refractivity contribution in [3.63, 3.8) is 0 Å². The van der Waals surface area contributed by atoms with Crippen LogP contribution in [0.1, 0.15) is 44.2 Å². The molecule has 1 aromatic carbocycles. The summed E-state index contributed by atoms with van der Waals surface area (Å²) in [6, 6.07) is 4.18. The smallest absolute Gasteiger partial charge is 0.142 e. The van der Waals surface area contributed by atoms with Crippen molar-refractivity contribution < 1.29 is 4.74 Å². The molecule has 0 atom stereocenters. The van der Waals surface area contributed by atoms with Crippen LogP contribution in [0.2, 0.25) is 5.02 Å². The number of hydrogen-bond acceptors (Lipinski definition) is 2. The second kappa shape index (κ2) is 3.39. The molecular formula is C14H18ClNO. The third-order valence-electron chi connectivity index (χ3n) is 3.94. The van der Waals surface area contributed by atoms with Crippen LogP contribution in [-0.4, -0.2) is 5.60 Å². The van der Waals surface area contributed by atoms with Crippen LogP contribution in [0.3, 0.4) is 0 Å². The number of benzene rings is 1. The lowest BCUT2D eigenvalue weighted by atomic mass is 9.72. The van der Waals surface area contributed by atoms with E-state index in [1.54, 1.807) is 0 Å². The van der Waals surface area contributed by atoms with Crippen LogP contribution in [-0.2, 0) is 12.0 Å². The Bertz CT molecular complexity index is 477. The number of halogens is 1. The zero-order chi connectivity index (χ0) is 12.3. The molecule has 2 aliphatic rings. The lowest BCUT2D eigenvalue weighted by Gasteiger charge is -2.39. The Labute approximate surface area is 107 Å². The molecule has 3 heteroatoms. The average molecular weight is 252 g/mol. The Morgan fingerprint density at radius 3 is 2.59 bits per heavy atom. The second-order valence-corrected chi connectivity index (χ2v) is 6.40. The highest BCUT2D eigenvalue weighted by Gasteiger charge is 2.38. The van der Waals surface area contributed by atoms with E-state index in [-0.39, 0.29) is 11.1 Å². The van der Waals surface area contributed by atoms with Crippen molar-refractivity contribution in [3.8, 4) is 5.75 Å². The summed E-state index contributed by atoms with van der Waals surface area (Å²) in [7, 11) is 0. The van der Waals surface area contributed by atoms with Gasteiger partial charge in [0.15, 0.2) is 0 Å². The molecule has 2 N–H and O–H groups in total. The van der Waals surface area contributed by atoms with E-state index in [1.807, 2.05) is 6.07 Å². The van der Waals surface area contributed by atoms with Crippen molar-refractivity contribution in [1.82, 2.24) is 0 Å². The molecule has 1 aromatic rings. The topological polar surface area (TPSA) is 35.2 Å². The highest BCUT2D eigenvalue weighted by molar-refractivity contribution is 6.32. The van der Waals surface area contributed by atoms with Gasteiger partial charge >= 0.3 is 0 Å². The van der Waals surface area contributed by atoms with E-state index < -0.39 is 0 Å². The minimum Gasteiger partial charge on any atom is -0.486 e. The van der Waals surface area contributed by atoms with Crippen molar-refractivity contribution in [3.05, 3.63) is 28.3 Å². The van der Waals surface area contributed by atoms with Gasteiger partial charge in [0, 0.05) is 12.0 Å². The number of rotatable bonds is 1. The second-order valence-electron chi connectivity index (χ2n) is 5.99. The molecule has 0 bridgehead atoms. The Hall–Kier alpha value is -0.730. The van der Waals surface area contributed by atoms with Crippen LogP contribution < -0.4 is 10.5 Å². The molecule has 3 rings (SSSR count). The minimum absolute atomic E-state index is 0.147. The van der Waals surface area contributed by atoms with Gasteiger partial charge < -0.3 is 10.5 Å². The molecule has 0 aromatic heterocycles. The first-order chi connectivity index (χ1) is 7.90.